The topological polar surface area (TPSA) is 80.4 Å². The molecule has 0 atom stereocenters. The molecule has 82 valence electrons. The Morgan fingerprint density at radius 2 is 1.93 bits per heavy atom. The summed E-state index contributed by atoms with van der Waals surface area (Å²) in [5, 5.41) is 18.9. The first-order valence-corrected chi connectivity index (χ1v) is 4.50. The largest absolute Gasteiger partial charge is 0.478 e. The number of rotatable bonds is 2. The van der Waals surface area contributed by atoms with Crippen LogP contribution < -0.4 is 0 Å². The number of non-ortho nitro benzene ring substituents is 1. The van der Waals surface area contributed by atoms with Gasteiger partial charge in [0.25, 0.3) is 5.69 Å². The Morgan fingerprint density at radius 3 is 2.27 bits per heavy atom. The van der Waals surface area contributed by atoms with Gasteiger partial charge in [0.15, 0.2) is 0 Å². The van der Waals surface area contributed by atoms with Crippen LogP contribution in [0.15, 0.2) is 18.2 Å². The van der Waals surface area contributed by atoms with E-state index in [9.17, 15) is 14.9 Å². The van der Waals surface area contributed by atoms with E-state index in [4.69, 9.17) is 5.11 Å². The van der Waals surface area contributed by atoms with E-state index in [0.29, 0.717) is 5.56 Å². The molecule has 0 unspecified atom stereocenters. The second kappa shape index (κ2) is 5.74. The number of carboxylic acid groups (broad SMARTS) is 1. The highest BCUT2D eigenvalue weighted by Gasteiger charge is 2.11. The van der Waals surface area contributed by atoms with Crippen molar-refractivity contribution in [2.75, 3.05) is 0 Å². The molecule has 0 bridgehead atoms. The monoisotopic (exact) mass is 211 g/mol. The Morgan fingerprint density at radius 1 is 1.40 bits per heavy atom. The maximum Gasteiger partial charge on any atom is 0.335 e. The molecule has 5 heteroatoms. The van der Waals surface area contributed by atoms with Gasteiger partial charge in [0, 0.05) is 12.1 Å². The van der Waals surface area contributed by atoms with Gasteiger partial charge in [-0.15, -0.1) is 0 Å². The van der Waals surface area contributed by atoms with Crippen LogP contribution in [-0.4, -0.2) is 16.0 Å². The van der Waals surface area contributed by atoms with Crippen LogP contribution in [0.1, 0.15) is 29.8 Å². The summed E-state index contributed by atoms with van der Waals surface area (Å²) in [5.41, 5.74) is 0.384. The van der Waals surface area contributed by atoms with Gasteiger partial charge in [0.2, 0.25) is 0 Å². The predicted molar refractivity (Wildman–Crippen MR) is 56.1 cm³/mol. The molecule has 0 aliphatic carbocycles. The first-order chi connectivity index (χ1) is 7.02. The molecule has 0 saturated heterocycles. The molecule has 1 N–H and O–H groups in total. The number of nitro benzene ring substituents is 1. The summed E-state index contributed by atoms with van der Waals surface area (Å²) in [4.78, 5) is 20.3. The number of nitro groups is 1. The number of hydrogen-bond donors (Lipinski definition) is 1. The maximum absolute atomic E-state index is 10.5. The summed E-state index contributed by atoms with van der Waals surface area (Å²) in [6, 6.07) is 3.65. The number of carbonyl (C=O) groups is 1. The average molecular weight is 211 g/mol. The molecule has 15 heavy (non-hydrogen) atoms. The zero-order valence-electron chi connectivity index (χ0n) is 8.85. The normalized spacial score (nSPS) is 8.73. The molecule has 1 rings (SSSR count). The Hall–Kier alpha value is -1.91. The van der Waals surface area contributed by atoms with Gasteiger partial charge >= 0.3 is 5.97 Å². The summed E-state index contributed by atoms with van der Waals surface area (Å²) in [6.45, 7) is 5.52. The molecule has 0 amide bonds. The van der Waals surface area contributed by atoms with E-state index >= 15 is 0 Å². The zero-order chi connectivity index (χ0) is 12.0. The van der Waals surface area contributed by atoms with Gasteiger partial charge in [-0.2, -0.15) is 0 Å². The second-order valence-electron chi connectivity index (χ2n) is 2.56. The standard InChI is InChI=1S/C8H7NO4.C2H6/c1-5-4-6(9(12)13)2-3-7(5)8(10)11;1-2/h2-4H,1H3,(H,10,11);1-2H3. The molecule has 0 spiro atoms. The van der Waals surface area contributed by atoms with Gasteiger partial charge in [-0.05, 0) is 18.6 Å². The Labute approximate surface area is 87.5 Å². The molecule has 0 aromatic heterocycles. The highest BCUT2D eigenvalue weighted by atomic mass is 16.6. The summed E-state index contributed by atoms with van der Waals surface area (Å²) < 4.78 is 0. The van der Waals surface area contributed by atoms with Gasteiger partial charge in [0.05, 0.1) is 10.5 Å². The predicted octanol–water partition coefficient (Wildman–Crippen LogP) is 2.63. The van der Waals surface area contributed by atoms with Crippen molar-refractivity contribution in [2.24, 2.45) is 0 Å². The van der Waals surface area contributed by atoms with E-state index in [1.54, 1.807) is 0 Å². The molecular weight excluding hydrogens is 198 g/mol. The third kappa shape index (κ3) is 3.38. The fourth-order valence-electron chi connectivity index (χ4n) is 1.00. The molecular formula is C10H13NO4. The van der Waals surface area contributed by atoms with Crippen LogP contribution in [0.25, 0.3) is 0 Å². The number of aromatic carboxylic acids is 1. The Bertz CT molecular complexity index is 374. The molecule has 0 saturated carbocycles. The number of nitrogens with zero attached hydrogens (tertiary/aromatic N) is 1. The highest BCUT2D eigenvalue weighted by molar-refractivity contribution is 5.89. The molecule has 1 aromatic rings. The number of benzene rings is 1. The molecule has 0 heterocycles. The maximum atomic E-state index is 10.5. The van der Waals surface area contributed by atoms with Crippen molar-refractivity contribution in [3.05, 3.63) is 39.4 Å². The fraction of sp³-hybridized carbons (Fsp3) is 0.300. The lowest BCUT2D eigenvalue weighted by Crippen LogP contribution is -2.00. The van der Waals surface area contributed by atoms with Gasteiger partial charge < -0.3 is 5.11 Å². The lowest BCUT2D eigenvalue weighted by atomic mass is 10.1. The van der Waals surface area contributed by atoms with Crippen molar-refractivity contribution < 1.29 is 14.8 Å². The lowest BCUT2D eigenvalue weighted by molar-refractivity contribution is -0.384. The molecule has 1 aromatic carbocycles. The Balaban J connectivity index is 0.000000921. The quantitative estimate of drug-likeness (QED) is 0.602. The SMILES string of the molecule is CC.Cc1cc([N+](=O)[O-])ccc1C(=O)O. The van der Waals surface area contributed by atoms with Gasteiger partial charge in [0.1, 0.15) is 0 Å². The van der Waals surface area contributed by atoms with E-state index in [1.165, 1.54) is 25.1 Å². The summed E-state index contributed by atoms with van der Waals surface area (Å²) in [6.07, 6.45) is 0. The highest BCUT2D eigenvalue weighted by Crippen LogP contribution is 2.16. The van der Waals surface area contributed by atoms with Crippen molar-refractivity contribution in [3.63, 3.8) is 0 Å². The van der Waals surface area contributed by atoms with Crippen LogP contribution in [0.2, 0.25) is 0 Å². The van der Waals surface area contributed by atoms with Crippen molar-refractivity contribution in [1.29, 1.82) is 0 Å². The zero-order valence-corrected chi connectivity index (χ0v) is 8.85. The van der Waals surface area contributed by atoms with E-state index in [1.807, 2.05) is 13.8 Å². The minimum atomic E-state index is -1.08. The third-order valence-electron chi connectivity index (χ3n) is 1.65. The van der Waals surface area contributed by atoms with E-state index < -0.39 is 10.9 Å². The fourth-order valence-corrected chi connectivity index (χ4v) is 1.00. The molecule has 0 aliphatic rings. The number of aryl methyl sites for hydroxylation is 1. The van der Waals surface area contributed by atoms with Crippen molar-refractivity contribution >= 4 is 11.7 Å². The van der Waals surface area contributed by atoms with E-state index in [2.05, 4.69) is 0 Å². The van der Waals surface area contributed by atoms with Crippen LogP contribution in [0.4, 0.5) is 5.69 Å². The van der Waals surface area contributed by atoms with Crippen molar-refractivity contribution in [3.8, 4) is 0 Å². The smallest absolute Gasteiger partial charge is 0.335 e. The Kier molecular flexibility index (Phi) is 5.01. The first kappa shape index (κ1) is 13.1. The van der Waals surface area contributed by atoms with Crippen LogP contribution in [0, 0.1) is 17.0 Å². The first-order valence-electron chi connectivity index (χ1n) is 4.50. The summed E-state index contributed by atoms with van der Waals surface area (Å²) >= 11 is 0. The minimum absolute atomic E-state index is 0.0885. The molecule has 0 fully saturated rings. The summed E-state index contributed by atoms with van der Waals surface area (Å²) in [5.74, 6) is -1.08. The minimum Gasteiger partial charge on any atom is -0.478 e. The van der Waals surface area contributed by atoms with E-state index in [-0.39, 0.29) is 11.3 Å². The van der Waals surface area contributed by atoms with Crippen LogP contribution in [0.5, 0.6) is 0 Å². The summed E-state index contributed by atoms with van der Waals surface area (Å²) in [7, 11) is 0. The van der Waals surface area contributed by atoms with Gasteiger partial charge in [-0.1, -0.05) is 13.8 Å². The van der Waals surface area contributed by atoms with Crippen molar-refractivity contribution in [1.82, 2.24) is 0 Å². The molecule has 0 aliphatic heterocycles. The third-order valence-corrected chi connectivity index (χ3v) is 1.65. The lowest BCUT2D eigenvalue weighted by Gasteiger charge is -1.98. The number of carboxylic acids is 1. The molecule has 0 radical (unpaired) electrons. The second-order valence-corrected chi connectivity index (χ2v) is 2.56. The number of hydrogen-bond acceptors (Lipinski definition) is 3. The van der Waals surface area contributed by atoms with Gasteiger partial charge in [-0.3, -0.25) is 10.1 Å². The van der Waals surface area contributed by atoms with Crippen LogP contribution >= 0.6 is 0 Å². The average Bonchev–Trinajstić information content (AvgIpc) is 2.20. The van der Waals surface area contributed by atoms with Crippen molar-refractivity contribution in [2.45, 2.75) is 20.8 Å². The van der Waals surface area contributed by atoms with E-state index in [0.717, 1.165) is 0 Å². The van der Waals surface area contributed by atoms with Crippen LogP contribution in [0.3, 0.4) is 0 Å². The van der Waals surface area contributed by atoms with Crippen LogP contribution in [-0.2, 0) is 0 Å². The molecule has 5 nitrogen and oxygen atoms in total. The van der Waals surface area contributed by atoms with Gasteiger partial charge in [-0.25, -0.2) is 4.79 Å².